The van der Waals surface area contributed by atoms with Crippen LogP contribution < -0.4 is 0 Å². The normalized spacial score (nSPS) is 16.3. The fraction of sp³-hybridized carbons (Fsp3) is 0.261. The Labute approximate surface area is 173 Å². The summed E-state index contributed by atoms with van der Waals surface area (Å²) in [5.41, 5.74) is 1.82. The molecule has 7 heteroatoms. The number of hydrogen-bond donors (Lipinski definition) is 0. The molecule has 6 nitrogen and oxygen atoms in total. The maximum absolute atomic E-state index is 13.1. The molecule has 1 aliphatic heterocycles. The van der Waals surface area contributed by atoms with E-state index in [0.29, 0.717) is 36.4 Å². The second-order valence-corrected chi connectivity index (χ2v) is 7.25. The zero-order valence-corrected chi connectivity index (χ0v) is 16.3. The summed E-state index contributed by atoms with van der Waals surface area (Å²) in [6.07, 6.45) is 1.36. The molecule has 1 amide bonds. The number of nitrogens with zero attached hydrogens (tertiary/aromatic N) is 2. The number of halogens is 1. The number of aromatic nitrogens is 1. The number of rotatable bonds is 5. The average Bonchev–Trinajstić information content (AvgIpc) is 3.27. The standard InChI is InChI=1S/C23H21FN2O4/c24-19-10-8-17(9-11-19)22(27)26-12-4-7-18(14-26)23(28)29-15-20-13-21(30-25-20)16-5-2-1-3-6-16/h1-3,5-6,8-11,13,18H,4,7,12,14-15H2. The van der Waals surface area contributed by atoms with Gasteiger partial charge in [-0.25, -0.2) is 4.39 Å². The number of hydrogen-bond acceptors (Lipinski definition) is 5. The summed E-state index contributed by atoms with van der Waals surface area (Å²) in [6, 6.07) is 16.7. The highest BCUT2D eigenvalue weighted by Crippen LogP contribution is 2.22. The summed E-state index contributed by atoms with van der Waals surface area (Å²) in [5.74, 6) is -0.763. The molecule has 0 aliphatic carbocycles. The fourth-order valence-electron chi connectivity index (χ4n) is 3.51. The van der Waals surface area contributed by atoms with Crippen LogP contribution in [0.3, 0.4) is 0 Å². The molecule has 2 heterocycles. The lowest BCUT2D eigenvalue weighted by Crippen LogP contribution is -2.42. The number of carbonyl (C=O) groups excluding carboxylic acids is 2. The summed E-state index contributed by atoms with van der Waals surface area (Å²) in [4.78, 5) is 26.8. The lowest BCUT2D eigenvalue weighted by molar-refractivity contribution is -0.151. The van der Waals surface area contributed by atoms with E-state index in [2.05, 4.69) is 5.16 Å². The van der Waals surface area contributed by atoms with Crippen LogP contribution in [0.1, 0.15) is 28.9 Å². The topological polar surface area (TPSA) is 72.6 Å². The van der Waals surface area contributed by atoms with Crippen LogP contribution in [-0.2, 0) is 16.1 Å². The number of ether oxygens (including phenoxy) is 1. The third-order valence-electron chi connectivity index (χ3n) is 5.11. The smallest absolute Gasteiger partial charge is 0.311 e. The van der Waals surface area contributed by atoms with Gasteiger partial charge in [0.1, 0.15) is 18.1 Å². The highest BCUT2D eigenvalue weighted by Gasteiger charge is 2.30. The van der Waals surface area contributed by atoms with Crippen LogP contribution in [0, 0.1) is 11.7 Å². The van der Waals surface area contributed by atoms with Crippen LogP contribution >= 0.6 is 0 Å². The first-order chi connectivity index (χ1) is 14.6. The Balaban J connectivity index is 1.33. The van der Waals surface area contributed by atoms with E-state index in [0.717, 1.165) is 5.56 Å². The Morgan fingerprint density at radius 3 is 2.67 bits per heavy atom. The van der Waals surface area contributed by atoms with Crippen LogP contribution in [0.5, 0.6) is 0 Å². The molecule has 0 radical (unpaired) electrons. The van der Waals surface area contributed by atoms with E-state index in [1.807, 2.05) is 30.3 Å². The van der Waals surface area contributed by atoms with Crippen LogP contribution in [0.25, 0.3) is 11.3 Å². The van der Waals surface area contributed by atoms with Crippen LogP contribution in [0.2, 0.25) is 0 Å². The predicted molar refractivity (Wildman–Crippen MR) is 107 cm³/mol. The SMILES string of the molecule is O=C(OCc1cc(-c2ccccc2)on1)C1CCCN(C(=O)c2ccc(F)cc2)C1. The molecule has 1 aliphatic rings. The van der Waals surface area contributed by atoms with Gasteiger partial charge in [0.05, 0.1) is 5.92 Å². The van der Waals surface area contributed by atoms with Gasteiger partial charge in [-0.3, -0.25) is 9.59 Å². The average molecular weight is 408 g/mol. The Kier molecular flexibility index (Phi) is 5.88. The number of likely N-dealkylation sites (tertiary alicyclic amines) is 1. The van der Waals surface area contributed by atoms with Crippen LogP contribution in [-0.4, -0.2) is 35.0 Å². The first-order valence-corrected chi connectivity index (χ1v) is 9.82. The molecule has 30 heavy (non-hydrogen) atoms. The number of esters is 1. The number of piperidine rings is 1. The Morgan fingerprint density at radius 2 is 1.90 bits per heavy atom. The van der Waals surface area contributed by atoms with E-state index >= 15 is 0 Å². The van der Waals surface area contributed by atoms with Gasteiger partial charge in [-0.1, -0.05) is 35.5 Å². The van der Waals surface area contributed by atoms with E-state index in [-0.39, 0.29) is 25.0 Å². The molecule has 1 aromatic heterocycles. The lowest BCUT2D eigenvalue weighted by atomic mass is 9.97. The molecular formula is C23H21FN2O4. The van der Waals surface area contributed by atoms with Crippen LogP contribution in [0.4, 0.5) is 4.39 Å². The molecule has 0 spiro atoms. The van der Waals surface area contributed by atoms with Crippen molar-refractivity contribution in [2.75, 3.05) is 13.1 Å². The van der Waals surface area contributed by atoms with Gasteiger partial charge >= 0.3 is 5.97 Å². The van der Waals surface area contributed by atoms with Crippen molar-refractivity contribution >= 4 is 11.9 Å². The van der Waals surface area contributed by atoms with Gasteiger partial charge in [0.25, 0.3) is 5.91 Å². The van der Waals surface area contributed by atoms with Gasteiger partial charge in [0.15, 0.2) is 5.76 Å². The first kappa shape index (κ1) is 19.8. The van der Waals surface area contributed by atoms with Crippen molar-refractivity contribution in [3.05, 3.63) is 77.7 Å². The molecule has 4 rings (SSSR count). The predicted octanol–water partition coefficient (Wildman–Crippen LogP) is 4.08. The maximum Gasteiger partial charge on any atom is 0.311 e. The molecule has 1 unspecified atom stereocenters. The van der Waals surface area contributed by atoms with Crippen molar-refractivity contribution in [1.29, 1.82) is 0 Å². The third kappa shape index (κ3) is 4.56. The van der Waals surface area contributed by atoms with E-state index in [1.165, 1.54) is 24.3 Å². The summed E-state index contributed by atoms with van der Waals surface area (Å²) < 4.78 is 23.8. The van der Waals surface area contributed by atoms with Crippen molar-refractivity contribution in [1.82, 2.24) is 10.1 Å². The molecule has 154 valence electrons. The van der Waals surface area contributed by atoms with E-state index in [4.69, 9.17) is 9.26 Å². The first-order valence-electron chi connectivity index (χ1n) is 9.82. The summed E-state index contributed by atoms with van der Waals surface area (Å²) in [5, 5.41) is 3.95. The lowest BCUT2D eigenvalue weighted by Gasteiger charge is -2.31. The molecule has 0 N–H and O–H groups in total. The fourth-order valence-corrected chi connectivity index (χ4v) is 3.51. The monoisotopic (exact) mass is 408 g/mol. The van der Waals surface area contributed by atoms with Crippen molar-refractivity contribution in [3.8, 4) is 11.3 Å². The zero-order valence-electron chi connectivity index (χ0n) is 16.3. The van der Waals surface area contributed by atoms with Gasteiger partial charge < -0.3 is 14.2 Å². The second kappa shape index (κ2) is 8.90. The van der Waals surface area contributed by atoms with E-state index < -0.39 is 11.7 Å². The zero-order chi connectivity index (χ0) is 20.9. The molecule has 2 aromatic carbocycles. The van der Waals surface area contributed by atoms with Crippen molar-refractivity contribution in [3.63, 3.8) is 0 Å². The summed E-state index contributed by atoms with van der Waals surface area (Å²) in [7, 11) is 0. The number of benzene rings is 2. The van der Waals surface area contributed by atoms with Crippen molar-refractivity contribution in [2.45, 2.75) is 19.4 Å². The molecule has 0 bridgehead atoms. The van der Waals surface area contributed by atoms with E-state index in [9.17, 15) is 14.0 Å². The second-order valence-electron chi connectivity index (χ2n) is 7.25. The molecule has 1 atom stereocenters. The summed E-state index contributed by atoms with van der Waals surface area (Å²) >= 11 is 0. The van der Waals surface area contributed by atoms with Gasteiger partial charge in [-0.2, -0.15) is 0 Å². The minimum Gasteiger partial charge on any atom is -0.459 e. The molecule has 0 saturated carbocycles. The molecule has 3 aromatic rings. The van der Waals surface area contributed by atoms with Gasteiger partial charge in [-0.15, -0.1) is 0 Å². The van der Waals surface area contributed by atoms with Crippen molar-refractivity contribution < 1.29 is 23.2 Å². The molecular weight excluding hydrogens is 387 g/mol. The Hall–Kier alpha value is -3.48. The van der Waals surface area contributed by atoms with Gasteiger partial charge in [-0.05, 0) is 37.1 Å². The Morgan fingerprint density at radius 1 is 1.13 bits per heavy atom. The highest BCUT2D eigenvalue weighted by molar-refractivity contribution is 5.94. The van der Waals surface area contributed by atoms with Gasteiger partial charge in [0.2, 0.25) is 0 Å². The number of carbonyl (C=O) groups is 2. The van der Waals surface area contributed by atoms with Gasteiger partial charge in [0, 0.05) is 30.3 Å². The summed E-state index contributed by atoms with van der Waals surface area (Å²) in [6.45, 7) is 0.852. The highest BCUT2D eigenvalue weighted by atomic mass is 19.1. The molecule has 1 fully saturated rings. The van der Waals surface area contributed by atoms with Crippen molar-refractivity contribution in [2.24, 2.45) is 5.92 Å². The molecule has 1 saturated heterocycles. The van der Waals surface area contributed by atoms with E-state index in [1.54, 1.807) is 11.0 Å². The minimum absolute atomic E-state index is 0.0115. The third-order valence-corrected chi connectivity index (χ3v) is 5.11. The maximum atomic E-state index is 13.1. The number of amides is 1. The van der Waals surface area contributed by atoms with Crippen LogP contribution in [0.15, 0.2) is 65.2 Å². The minimum atomic E-state index is -0.399. The largest absolute Gasteiger partial charge is 0.459 e. The quantitative estimate of drug-likeness (QED) is 0.595. The Bertz CT molecular complexity index is 1020.